The summed E-state index contributed by atoms with van der Waals surface area (Å²) in [6, 6.07) is 6.14. The maximum atomic E-state index is 13.0. The Morgan fingerprint density at radius 3 is 2.62 bits per heavy atom. The van der Waals surface area contributed by atoms with E-state index < -0.39 is 16.1 Å². The van der Waals surface area contributed by atoms with Gasteiger partial charge in [-0.05, 0) is 48.4 Å². The molecule has 9 heteroatoms. The van der Waals surface area contributed by atoms with Crippen molar-refractivity contribution in [3.05, 3.63) is 48.1 Å². The largest absolute Gasteiger partial charge is 0.438 e. The molecule has 4 rings (SSSR count). The zero-order valence-corrected chi connectivity index (χ0v) is 17.4. The minimum Gasteiger partial charge on any atom is -0.438 e. The number of rotatable bonds is 7. The molecule has 0 radical (unpaired) electrons. The predicted molar refractivity (Wildman–Crippen MR) is 105 cm³/mol. The standard InChI is InChI=1S/C20H24N4O4S/c1-20(2,3)11-15(14-5-4-10-21-12-14)24-29(25,26)17-9-8-16(27-17)19-23-22-18(28-19)13-6-7-13/h4-5,8-10,12-13,15,24H,6-7,11H2,1-3H3. The lowest BCUT2D eigenvalue weighted by Gasteiger charge is -2.26. The van der Waals surface area contributed by atoms with E-state index in [4.69, 9.17) is 8.83 Å². The van der Waals surface area contributed by atoms with Crippen LogP contribution in [0.4, 0.5) is 0 Å². The molecule has 0 spiro atoms. The lowest BCUT2D eigenvalue weighted by molar-refractivity contribution is 0.328. The fourth-order valence-corrected chi connectivity index (χ4v) is 4.23. The molecule has 3 heterocycles. The van der Waals surface area contributed by atoms with E-state index in [9.17, 15) is 8.42 Å². The van der Waals surface area contributed by atoms with E-state index in [1.165, 1.54) is 12.1 Å². The number of sulfonamides is 1. The van der Waals surface area contributed by atoms with Gasteiger partial charge in [-0.3, -0.25) is 4.98 Å². The molecule has 3 aromatic heterocycles. The molecule has 0 aliphatic heterocycles. The van der Waals surface area contributed by atoms with Gasteiger partial charge in [-0.25, -0.2) is 13.1 Å². The third-order valence-electron chi connectivity index (χ3n) is 4.62. The van der Waals surface area contributed by atoms with Crippen molar-refractivity contribution < 1.29 is 17.3 Å². The molecule has 1 unspecified atom stereocenters. The Balaban J connectivity index is 1.57. The summed E-state index contributed by atoms with van der Waals surface area (Å²) >= 11 is 0. The highest BCUT2D eigenvalue weighted by atomic mass is 32.2. The Hall–Kier alpha value is -2.52. The molecule has 154 valence electrons. The Morgan fingerprint density at radius 1 is 1.17 bits per heavy atom. The number of furan rings is 1. The summed E-state index contributed by atoms with van der Waals surface area (Å²) in [5, 5.41) is 7.78. The summed E-state index contributed by atoms with van der Waals surface area (Å²) in [6.45, 7) is 6.17. The Labute approximate surface area is 169 Å². The first-order valence-electron chi connectivity index (χ1n) is 9.57. The summed E-state index contributed by atoms with van der Waals surface area (Å²) in [5.74, 6) is 1.31. The van der Waals surface area contributed by atoms with E-state index >= 15 is 0 Å². The normalized spacial score (nSPS) is 16.1. The van der Waals surface area contributed by atoms with Crippen molar-refractivity contribution in [3.8, 4) is 11.7 Å². The number of hydrogen-bond donors (Lipinski definition) is 1. The zero-order chi connectivity index (χ0) is 20.6. The van der Waals surface area contributed by atoms with E-state index in [1.54, 1.807) is 18.5 Å². The SMILES string of the molecule is CC(C)(C)CC(NS(=O)(=O)c1ccc(-c2nnc(C3CC3)o2)o1)c1cccnc1. The number of nitrogens with zero attached hydrogens (tertiary/aromatic N) is 3. The first kappa shape index (κ1) is 19.8. The lowest BCUT2D eigenvalue weighted by atomic mass is 9.86. The van der Waals surface area contributed by atoms with Gasteiger partial charge in [0.1, 0.15) is 0 Å². The number of nitrogens with one attached hydrogen (secondary N) is 1. The Bertz CT molecular complexity index is 1080. The summed E-state index contributed by atoms with van der Waals surface area (Å²) in [7, 11) is -3.90. The van der Waals surface area contributed by atoms with Crippen molar-refractivity contribution >= 4 is 10.0 Å². The average molecular weight is 417 g/mol. The van der Waals surface area contributed by atoms with Crippen LogP contribution in [0.15, 0.2) is 50.6 Å². The van der Waals surface area contributed by atoms with Crippen molar-refractivity contribution in [2.75, 3.05) is 0 Å². The van der Waals surface area contributed by atoms with Crippen LogP contribution in [0, 0.1) is 5.41 Å². The summed E-state index contributed by atoms with van der Waals surface area (Å²) in [6.07, 6.45) is 6.00. The smallest absolute Gasteiger partial charge is 0.283 e. The highest BCUT2D eigenvalue weighted by molar-refractivity contribution is 7.89. The van der Waals surface area contributed by atoms with Crippen molar-refractivity contribution in [2.45, 2.75) is 57.1 Å². The molecule has 1 atom stereocenters. The Kier molecular flexibility index (Phi) is 5.04. The molecule has 1 N–H and O–H groups in total. The van der Waals surface area contributed by atoms with Crippen LogP contribution in [0.5, 0.6) is 0 Å². The number of aromatic nitrogens is 3. The highest BCUT2D eigenvalue weighted by Crippen LogP contribution is 2.40. The van der Waals surface area contributed by atoms with Gasteiger partial charge >= 0.3 is 0 Å². The third kappa shape index (κ3) is 4.73. The van der Waals surface area contributed by atoms with Crippen molar-refractivity contribution in [3.63, 3.8) is 0 Å². The van der Waals surface area contributed by atoms with Crippen molar-refractivity contribution in [1.82, 2.24) is 19.9 Å². The highest BCUT2D eigenvalue weighted by Gasteiger charge is 2.31. The van der Waals surface area contributed by atoms with Gasteiger partial charge in [0.25, 0.3) is 15.9 Å². The molecule has 1 aliphatic carbocycles. The minimum atomic E-state index is -3.90. The van der Waals surface area contributed by atoms with E-state index in [0.717, 1.165) is 18.4 Å². The molecule has 0 bridgehead atoms. The number of hydrogen-bond acceptors (Lipinski definition) is 7. The van der Waals surface area contributed by atoms with Crippen LogP contribution in [0.25, 0.3) is 11.7 Å². The van der Waals surface area contributed by atoms with Gasteiger partial charge < -0.3 is 8.83 Å². The summed E-state index contributed by atoms with van der Waals surface area (Å²) in [5.41, 5.74) is 0.698. The average Bonchev–Trinajstić information content (AvgIpc) is 3.18. The minimum absolute atomic E-state index is 0.0969. The van der Waals surface area contributed by atoms with Crippen LogP contribution in [-0.2, 0) is 10.0 Å². The lowest BCUT2D eigenvalue weighted by Crippen LogP contribution is -2.31. The van der Waals surface area contributed by atoms with E-state index in [2.05, 4.69) is 40.7 Å². The second-order valence-electron chi connectivity index (χ2n) is 8.56. The molecule has 0 aromatic carbocycles. The van der Waals surface area contributed by atoms with Crippen LogP contribution >= 0.6 is 0 Å². The van der Waals surface area contributed by atoms with Gasteiger partial charge in [-0.1, -0.05) is 26.8 Å². The topological polar surface area (TPSA) is 111 Å². The molecule has 29 heavy (non-hydrogen) atoms. The number of pyridine rings is 1. The van der Waals surface area contributed by atoms with Crippen LogP contribution in [0.1, 0.15) is 63.4 Å². The first-order valence-corrected chi connectivity index (χ1v) is 11.1. The monoisotopic (exact) mass is 416 g/mol. The molecule has 8 nitrogen and oxygen atoms in total. The molecule has 0 saturated heterocycles. The third-order valence-corrected chi connectivity index (χ3v) is 5.97. The predicted octanol–water partition coefficient (Wildman–Crippen LogP) is 4.06. The van der Waals surface area contributed by atoms with Gasteiger partial charge in [0.05, 0.1) is 0 Å². The van der Waals surface area contributed by atoms with Crippen LogP contribution in [0.2, 0.25) is 0 Å². The maximum Gasteiger partial charge on any atom is 0.283 e. The maximum absolute atomic E-state index is 13.0. The second kappa shape index (κ2) is 7.38. The second-order valence-corrected chi connectivity index (χ2v) is 10.2. The molecule has 0 amide bonds. The van der Waals surface area contributed by atoms with Crippen LogP contribution < -0.4 is 4.72 Å². The van der Waals surface area contributed by atoms with E-state index in [1.807, 2.05) is 6.07 Å². The molecule has 1 fully saturated rings. The zero-order valence-electron chi connectivity index (χ0n) is 16.6. The summed E-state index contributed by atoms with van der Waals surface area (Å²) in [4.78, 5) is 4.12. The van der Waals surface area contributed by atoms with E-state index in [-0.39, 0.29) is 22.2 Å². The summed E-state index contributed by atoms with van der Waals surface area (Å²) < 4.78 is 39.9. The van der Waals surface area contributed by atoms with Gasteiger partial charge in [-0.2, -0.15) is 0 Å². The van der Waals surface area contributed by atoms with Gasteiger partial charge in [0.2, 0.25) is 11.0 Å². The van der Waals surface area contributed by atoms with Crippen molar-refractivity contribution in [1.29, 1.82) is 0 Å². The quantitative estimate of drug-likeness (QED) is 0.618. The molecular weight excluding hydrogens is 392 g/mol. The Morgan fingerprint density at radius 2 is 1.97 bits per heavy atom. The molecule has 1 saturated carbocycles. The first-order chi connectivity index (χ1) is 13.7. The molecular formula is C20H24N4O4S. The van der Waals surface area contributed by atoms with Gasteiger partial charge in [-0.15, -0.1) is 10.2 Å². The fraction of sp³-hybridized carbons (Fsp3) is 0.450. The molecule has 1 aliphatic rings. The van der Waals surface area contributed by atoms with Gasteiger partial charge in [0.15, 0.2) is 5.76 Å². The fourth-order valence-electron chi connectivity index (χ4n) is 3.08. The van der Waals surface area contributed by atoms with Crippen LogP contribution in [-0.4, -0.2) is 23.6 Å². The van der Waals surface area contributed by atoms with Crippen LogP contribution in [0.3, 0.4) is 0 Å². The molecule has 3 aromatic rings. The van der Waals surface area contributed by atoms with Gasteiger partial charge in [0, 0.05) is 24.4 Å². The van der Waals surface area contributed by atoms with Crippen molar-refractivity contribution in [2.24, 2.45) is 5.41 Å². The van der Waals surface area contributed by atoms with E-state index in [0.29, 0.717) is 18.2 Å².